The smallest absolute Gasteiger partial charge is 0.241 e. The predicted molar refractivity (Wildman–Crippen MR) is 107 cm³/mol. The number of carbonyl (C=O) groups is 1. The Bertz CT molecular complexity index is 1030. The van der Waals surface area contributed by atoms with Crippen molar-refractivity contribution in [3.8, 4) is 11.4 Å². The predicted octanol–water partition coefficient (Wildman–Crippen LogP) is 4.17. The van der Waals surface area contributed by atoms with Crippen LogP contribution in [0.1, 0.15) is 24.3 Å². The largest absolute Gasteiger partial charge is 0.338 e. The molecule has 0 radical (unpaired) electrons. The van der Waals surface area contributed by atoms with E-state index in [0.29, 0.717) is 44.2 Å². The lowest BCUT2D eigenvalue weighted by Gasteiger charge is -2.30. The van der Waals surface area contributed by atoms with E-state index in [1.54, 1.807) is 0 Å². The Morgan fingerprint density at radius 1 is 1.17 bits per heavy atom. The Morgan fingerprint density at radius 3 is 2.60 bits per heavy atom. The lowest BCUT2D eigenvalue weighted by molar-refractivity contribution is -0.121. The maximum absolute atomic E-state index is 13.7. The molecule has 1 amide bonds. The number of aromatic nitrogens is 2. The molecule has 0 unspecified atom stereocenters. The van der Waals surface area contributed by atoms with Gasteiger partial charge in [-0.3, -0.25) is 9.69 Å². The standard InChI is InChI=1S/C22H22F2N4O2/c1-14-2-4-15(5-3-14)21-26-20(30-27-21)13-28-10-8-16(9-11-28)22(29)25-19-7-6-17(23)12-18(19)24/h2-7,12,16H,8-11,13H2,1H3,(H,25,29). The number of nitrogens with one attached hydrogen (secondary N) is 1. The molecule has 0 atom stereocenters. The van der Waals surface area contributed by atoms with Gasteiger partial charge in [-0.25, -0.2) is 8.78 Å². The summed E-state index contributed by atoms with van der Waals surface area (Å²) in [5.74, 6) is -0.842. The van der Waals surface area contributed by atoms with Gasteiger partial charge in [-0.05, 0) is 45.0 Å². The fraction of sp³-hybridized carbons (Fsp3) is 0.318. The van der Waals surface area contributed by atoms with Crippen LogP contribution in [-0.2, 0) is 11.3 Å². The van der Waals surface area contributed by atoms with Gasteiger partial charge >= 0.3 is 0 Å². The van der Waals surface area contributed by atoms with Crippen molar-refractivity contribution in [1.82, 2.24) is 15.0 Å². The second-order valence-electron chi connectivity index (χ2n) is 7.54. The summed E-state index contributed by atoms with van der Waals surface area (Å²) < 4.78 is 32.1. The zero-order chi connectivity index (χ0) is 21.1. The minimum Gasteiger partial charge on any atom is -0.338 e. The number of aryl methyl sites for hydroxylation is 1. The van der Waals surface area contributed by atoms with Gasteiger partial charge < -0.3 is 9.84 Å². The molecule has 8 heteroatoms. The molecule has 0 aliphatic carbocycles. The Labute approximate surface area is 172 Å². The fourth-order valence-electron chi connectivity index (χ4n) is 3.51. The van der Waals surface area contributed by atoms with Crippen LogP contribution < -0.4 is 5.32 Å². The molecular weight excluding hydrogens is 390 g/mol. The number of carbonyl (C=O) groups excluding carboxylic acids is 1. The first kappa shape index (κ1) is 20.2. The molecule has 0 spiro atoms. The van der Waals surface area contributed by atoms with Gasteiger partial charge in [0.05, 0.1) is 12.2 Å². The van der Waals surface area contributed by atoms with Crippen molar-refractivity contribution >= 4 is 11.6 Å². The Hall–Kier alpha value is -3.13. The lowest BCUT2D eigenvalue weighted by Crippen LogP contribution is -2.37. The summed E-state index contributed by atoms with van der Waals surface area (Å²) >= 11 is 0. The quantitative estimate of drug-likeness (QED) is 0.681. The van der Waals surface area contributed by atoms with E-state index in [2.05, 4.69) is 20.4 Å². The van der Waals surface area contributed by atoms with Crippen LogP contribution in [0.25, 0.3) is 11.4 Å². The van der Waals surface area contributed by atoms with Crippen molar-refractivity contribution in [1.29, 1.82) is 0 Å². The highest BCUT2D eigenvalue weighted by Crippen LogP contribution is 2.23. The number of piperidine rings is 1. The van der Waals surface area contributed by atoms with Crippen molar-refractivity contribution < 1.29 is 18.1 Å². The van der Waals surface area contributed by atoms with Gasteiger partial charge in [0.1, 0.15) is 11.6 Å². The molecular formula is C22H22F2N4O2. The highest BCUT2D eigenvalue weighted by Gasteiger charge is 2.26. The highest BCUT2D eigenvalue weighted by molar-refractivity contribution is 5.92. The van der Waals surface area contributed by atoms with Gasteiger partial charge in [-0.1, -0.05) is 35.0 Å². The van der Waals surface area contributed by atoms with Gasteiger partial charge in [-0.2, -0.15) is 4.98 Å². The van der Waals surface area contributed by atoms with Crippen LogP contribution in [0.3, 0.4) is 0 Å². The lowest BCUT2D eigenvalue weighted by atomic mass is 9.96. The first-order valence-electron chi connectivity index (χ1n) is 9.86. The maximum atomic E-state index is 13.7. The molecule has 2 heterocycles. The minimum absolute atomic E-state index is 0.00155. The van der Waals surface area contributed by atoms with Gasteiger partial charge in [-0.15, -0.1) is 0 Å². The summed E-state index contributed by atoms with van der Waals surface area (Å²) in [4.78, 5) is 19.0. The molecule has 1 aromatic heterocycles. The summed E-state index contributed by atoms with van der Waals surface area (Å²) in [5.41, 5.74) is 2.06. The van der Waals surface area contributed by atoms with Gasteiger partial charge in [0.15, 0.2) is 0 Å². The number of halogens is 2. The van der Waals surface area contributed by atoms with Crippen molar-refractivity contribution in [2.75, 3.05) is 18.4 Å². The summed E-state index contributed by atoms with van der Waals surface area (Å²) in [6.07, 6.45) is 1.27. The average Bonchev–Trinajstić information content (AvgIpc) is 3.19. The van der Waals surface area contributed by atoms with E-state index in [0.717, 1.165) is 23.3 Å². The third kappa shape index (κ3) is 4.71. The van der Waals surface area contributed by atoms with Crippen LogP contribution in [0.5, 0.6) is 0 Å². The molecule has 0 saturated carbocycles. The third-order valence-corrected chi connectivity index (χ3v) is 5.28. The molecule has 156 valence electrons. The molecule has 1 saturated heterocycles. The molecule has 4 rings (SSSR count). The van der Waals surface area contributed by atoms with Crippen LogP contribution in [0.15, 0.2) is 47.0 Å². The molecule has 2 aromatic carbocycles. The number of amides is 1. The number of hydrogen-bond donors (Lipinski definition) is 1. The molecule has 3 aromatic rings. The molecule has 0 bridgehead atoms. The van der Waals surface area contributed by atoms with Gasteiger partial charge in [0, 0.05) is 17.5 Å². The summed E-state index contributed by atoms with van der Waals surface area (Å²) in [6, 6.07) is 11.0. The molecule has 1 aliphatic rings. The zero-order valence-corrected chi connectivity index (χ0v) is 16.6. The Kier molecular flexibility index (Phi) is 5.85. The van der Waals surface area contributed by atoms with E-state index >= 15 is 0 Å². The summed E-state index contributed by atoms with van der Waals surface area (Å²) in [7, 11) is 0. The molecule has 1 N–H and O–H groups in total. The number of hydrogen-bond acceptors (Lipinski definition) is 5. The number of rotatable bonds is 5. The number of benzene rings is 2. The van der Waals surface area contributed by atoms with Crippen LogP contribution in [0.4, 0.5) is 14.5 Å². The van der Waals surface area contributed by atoms with E-state index < -0.39 is 11.6 Å². The summed E-state index contributed by atoms with van der Waals surface area (Å²) in [5, 5.41) is 6.60. The van der Waals surface area contributed by atoms with Crippen LogP contribution in [-0.4, -0.2) is 34.0 Å². The maximum Gasteiger partial charge on any atom is 0.241 e. The number of anilines is 1. The molecule has 6 nitrogen and oxygen atoms in total. The highest BCUT2D eigenvalue weighted by atomic mass is 19.1. The fourth-order valence-corrected chi connectivity index (χ4v) is 3.51. The number of nitrogens with zero attached hydrogens (tertiary/aromatic N) is 3. The normalized spacial score (nSPS) is 15.3. The van der Waals surface area contributed by atoms with Crippen LogP contribution in [0.2, 0.25) is 0 Å². The molecule has 1 fully saturated rings. The molecule has 1 aliphatic heterocycles. The van der Waals surface area contributed by atoms with E-state index in [4.69, 9.17) is 4.52 Å². The minimum atomic E-state index is -0.776. The monoisotopic (exact) mass is 412 g/mol. The number of likely N-dealkylation sites (tertiary alicyclic amines) is 1. The Balaban J connectivity index is 1.29. The van der Waals surface area contributed by atoms with Crippen molar-refractivity contribution in [3.05, 3.63) is 65.6 Å². The van der Waals surface area contributed by atoms with E-state index in [1.165, 1.54) is 6.07 Å². The van der Waals surface area contributed by atoms with Gasteiger partial charge in [0.25, 0.3) is 0 Å². The van der Waals surface area contributed by atoms with Gasteiger partial charge in [0.2, 0.25) is 17.6 Å². The summed E-state index contributed by atoms with van der Waals surface area (Å²) in [6.45, 7) is 3.91. The van der Waals surface area contributed by atoms with Crippen molar-refractivity contribution in [2.45, 2.75) is 26.3 Å². The topological polar surface area (TPSA) is 71.3 Å². The van der Waals surface area contributed by atoms with Crippen LogP contribution in [0, 0.1) is 24.5 Å². The first-order chi connectivity index (χ1) is 14.5. The average molecular weight is 412 g/mol. The van der Waals surface area contributed by atoms with E-state index in [1.807, 2.05) is 31.2 Å². The SMILES string of the molecule is Cc1ccc(-c2noc(CN3CCC(C(=O)Nc4ccc(F)cc4F)CC3)n2)cc1. The zero-order valence-electron chi connectivity index (χ0n) is 16.6. The van der Waals surface area contributed by atoms with E-state index in [-0.39, 0.29) is 17.5 Å². The first-order valence-corrected chi connectivity index (χ1v) is 9.86. The van der Waals surface area contributed by atoms with Crippen molar-refractivity contribution in [3.63, 3.8) is 0 Å². The second kappa shape index (κ2) is 8.71. The third-order valence-electron chi connectivity index (χ3n) is 5.28. The molecule has 30 heavy (non-hydrogen) atoms. The second-order valence-corrected chi connectivity index (χ2v) is 7.54. The van der Waals surface area contributed by atoms with E-state index in [9.17, 15) is 13.6 Å². The van der Waals surface area contributed by atoms with Crippen molar-refractivity contribution in [2.24, 2.45) is 5.92 Å². The van der Waals surface area contributed by atoms with Crippen LogP contribution >= 0.6 is 0 Å². The Morgan fingerprint density at radius 2 is 1.90 bits per heavy atom.